The van der Waals surface area contributed by atoms with E-state index >= 15 is 0 Å². The van der Waals surface area contributed by atoms with Gasteiger partial charge in [0, 0.05) is 38.1 Å². The first kappa shape index (κ1) is 13.1. The summed E-state index contributed by atoms with van der Waals surface area (Å²) >= 11 is 0. The highest BCUT2D eigenvalue weighted by Gasteiger charge is 2.09. The highest BCUT2D eigenvalue weighted by molar-refractivity contribution is 5.07. The number of aliphatic hydroxyl groups excluding tert-OH is 1. The van der Waals surface area contributed by atoms with Crippen LogP contribution in [0, 0.1) is 0 Å². The Bertz CT molecular complexity index is 279. The number of rotatable bonds is 7. The third kappa shape index (κ3) is 4.70. The van der Waals surface area contributed by atoms with E-state index in [2.05, 4.69) is 28.3 Å². The Labute approximate surface area is 97.3 Å². The largest absolute Gasteiger partial charge is 0.396 e. The maximum absolute atomic E-state index is 8.90. The van der Waals surface area contributed by atoms with E-state index < -0.39 is 0 Å². The molecule has 2 N–H and O–H groups in total. The lowest BCUT2D eigenvalue weighted by atomic mass is 10.2. The van der Waals surface area contributed by atoms with Crippen LogP contribution in [-0.2, 0) is 6.54 Å². The molecule has 0 saturated heterocycles. The molecule has 1 aromatic rings. The summed E-state index contributed by atoms with van der Waals surface area (Å²) in [4.78, 5) is 6.32. The SMILES string of the molecule is CNC(CCO)CN(C)Cc1cccnc1. The molecule has 0 aromatic carbocycles. The van der Waals surface area contributed by atoms with Gasteiger partial charge in [0.25, 0.3) is 0 Å². The number of aromatic nitrogens is 1. The Morgan fingerprint density at radius 3 is 2.94 bits per heavy atom. The molecule has 0 radical (unpaired) electrons. The summed E-state index contributed by atoms with van der Waals surface area (Å²) in [6.45, 7) is 2.04. The average molecular weight is 223 g/mol. The summed E-state index contributed by atoms with van der Waals surface area (Å²) in [6.07, 6.45) is 4.45. The van der Waals surface area contributed by atoms with Crippen molar-refractivity contribution >= 4 is 0 Å². The molecule has 0 amide bonds. The van der Waals surface area contributed by atoms with E-state index in [0.717, 1.165) is 19.5 Å². The normalized spacial score (nSPS) is 13.0. The molecule has 0 saturated carbocycles. The van der Waals surface area contributed by atoms with Gasteiger partial charge in [-0.25, -0.2) is 0 Å². The van der Waals surface area contributed by atoms with E-state index in [1.165, 1.54) is 5.56 Å². The molecule has 0 spiro atoms. The molecule has 4 nitrogen and oxygen atoms in total. The van der Waals surface area contributed by atoms with Gasteiger partial charge in [0.2, 0.25) is 0 Å². The second-order valence-corrected chi connectivity index (χ2v) is 4.06. The van der Waals surface area contributed by atoms with Gasteiger partial charge in [-0.1, -0.05) is 6.07 Å². The maximum Gasteiger partial charge on any atom is 0.0446 e. The van der Waals surface area contributed by atoms with E-state index in [-0.39, 0.29) is 6.61 Å². The minimum Gasteiger partial charge on any atom is -0.396 e. The second-order valence-electron chi connectivity index (χ2n) is 4.06. The van der Waals surface area contributed by atoms with Crippen LogP contribution < -0.4 is 5.32 Å². The Morgan fingerprint density at radius 1 is 1.56 bits per heavy atom. The molecule has 1 unspecified atom stereocenters. The van der Waals surface area contributed by atoms with Crippen molar-refractivity contribution in [3.05, 3.63) is 30.1 Å². The van der Waals surface area contributed by atoms with Crippen LogP contribution in [0.5, 0.6) is 0 Å². The van der Waals surface area contributed by atoms with Gasteiger partial charge in [0.1, 0.15) is 0 Å². The van der Waals surface area contributed by atoms with Gasteiger partial charge in [-0.2, -0.15) is 0 Å². The third-order valence-corrected chi connectivity index (χ3v) is 2.59. The van der Waals surface area contributed by atoms with Crippen LogP contribution in [-0.4, -0.2) is 48.3 Å². The average Bonchev–Trinajstić information content (AvgIpc) is 2.29. The summed E-state index contributed by atoms with van der Waals surface area (Å²) in [6, 6.07) is 4.36. The van der Waals surface area contributed by atoms with E-state index in [9.17, 15) is 0 Å². The van der Waals surface area contributed by atoms with E-state index in [4.69, 9.17) is 5.11 Å². The Hall–Kier alpha value is -0.970. The van der Waals surface area contributed by atoms with Crippen LogP contribution in [0.15, 0.2) is 24.5 Å². The molecule has 0 aliphatic heterocycles. The zero-order valence-electron chi connectivity index (χ0n) is 10.1. The van der Waals surface area contributed by atoms with Gasteiger partial charge in [0.15, 0.2) is 0 Å². The van der Waals surface area contributed by atoms with Gasteiger partial charge in [-0.3, -0.25) is 4.98 Å². The fourth-order valence-corrected chi connectivity index (χ4v) is 1.73. The molecule has 0 bridgehead atoms. The minimum absolute atomic E-state index is 0.228. The smallest absolute Gasteiger partial charge is 0.0446 e. The Kier molecular flexibility index (Phi) is 6.00. The van der Waals surface area contributed by atoms with Crippen molar-refractivity contribution in [3.63, 3.8) is 0 Å². The number of pyridine rings is 1. The first-order valence-corrected chi connectivity index (χ1v) is 5.62. The lowest BCUT2D eigenvalue weighted by Crippen LogP contribution is -2.38. The number of hydrogen-bond acceptors (Lipinski definition) is 4. The lowest BCUT2D eigenvalue weighted by Gasteiger charge is -2.23. The summed E-state index contributed by atoms with van der Waals surface area (Å²) in [5, 5.41) is 12.1. The van der Waals surface area contributed by atoms with Crippen molar-refractivity contribution in [3.8, 4) is 0 Å². The van der Waals surface area contributed by atoms with Crippen LogP contribution in [0.3, 0.4) is 0 Å². The molecular formula is C12H21N3O. The van der Waals surface area contributed by atoms with Gasteiger partial charge in [0.05, 0.1) is 0 Å². The first-order valence-electron chi connectivity index (χ1n) is 5.62. The van der Waals surface area contributed by atoms with Gasteiger partial charge in [-0.05, 0) is 32.1 Å². The number of likely N-dealkylation sites (N-methyl/N-ethyl adjacent to an activating group) is 2. The van der Waals surface area contributed by atoms with E-state index in [0.29, 0.717) is 6.04 Å². The predicted molar refractivity (Wildman–Crippen MR) is 65.1 cm³/mol. The minimum atomic E-state index is 0.228. The van der Waals surface area contributed by atoms with Gasteiger partial charge < -0.3 is 15.3 Å². The van der Waals surface area contributed by atoms with Crippen molar-refractivity contribution in [1.29, 1.82) is 0 Å². The standard InChI is InChI=1S/C12H21N3O/c1-13-12(5-7-16)10-15(2)9-11-4-3-6-14-8-11/h3-4,6,8,12-13,16H,5,7,9-10H2,1-2H3. The molecule has 90 valence electrons. The predicted octanol–water partition coefficient (Wildman–Crippen LogP) is 0.484. The van der Waals surface area contributed by atoms with Crippen molar-refractivity contribution in [1.82, 2.24) is 15.2 Å². The molecule has 1 heterocycles. The lowest BCUT2D eigenvalue weighted by molar-refractivity contribution is 0.230. The van der Waals surface area contributed by atoms with Crippen molar-refractivity contribution < 1.29 is 5.11 Å². The number of hydrogen-bond donors (Lipinski definition) is 2. The van der Waals surface area contributed by atoms with Crippen LogP contribution in [0.25, 0.3) is 0 Å². The van der Waals surface area contributed by atoms with Crippen LogP contribution in [0.4, 0.5) is 0 Å². The summed E-state index contributed by atoms with van der Waals surface area (Å²) < 4.78 is 0. The highest BCUT2D eigenvalue weighted by Crippen LogP contribution is 2.02. The Balaban J connectivity index is 2.37. The monoisotopic (exact) mass is 223 g/mol. The summed E-state index contributed by atoms with van der Waals surface area (Å²) in [5.74, 6) is 0. The molecule has 0 aliphatic rings. The quantitative estimate of drug-likeness (QED) is 0.706. The molecule has 0 aliphatic carbocycles. The van der Waals surface area contributed by atoms with Gasteiger partial charge in [-0.15, -0.1) is 0 Å². The number of aliphatic hydroxyl groups is 1. The Morgan fingerprint density at radius 2 is 2.38 bits per heavy atom. The zero-order chi connectivity index (χ0) is 11.8. The highest BCUT2D eigenvalue weighted by atomic mass is 16.3. The molecule has 16 heavy (non-hydrogen) atoms. The van der Waals surface area contributed by atoms with Crippen LogP contribution in [0.2, 0.25) is 0 Å². The fraction of sp³-hybridized carbons (Fsp3) is 0.583. The van der Waals surface area contributed by atoms with Crippen molar-refractivity contribution in [2.75, 3.05) is 27.2 Å². The molecular weight excluding hydrogens is 202 g/mol. The summed E-state index contributed by atoms with van der Waals surface area (Å²) in [5.41, 5.74) is 1.21. The second kappa shape index (κ2) is 7.33. The zero-order valence-corrected chi connectivity index (χ0v) is 10.1. The molecule has 1 atom stereocenters. The summed E-state index contributed by atoms with van der Waals surface area (Å²) in [7, 11) is 4.01. The maximum atomic E-state index is 8.90. The molecule has 4 heteroatoms. The molecule has 1 aromatic heterocycles. The number of nitrogens with one attached hydrogen (secondary N) is 1. The van der Waals surface area contributed by atoms with Crippen molar-refractivity contribution in [2.24, 2.45) is 0 Å². The first-order chi connectivity index (χ1) is 7.76. The molecule has 1 rings (SSSR count). The van der Waals surface area contributed by atoms with Crippen LogP contribution >= 0.6 is 0 Å². The van der Waals surface area contributed by atoms with E-state index in [1.54, 1.807) is 6.20 Å². The van der Waals surface area contributed by atoms with Crippen LogP contribution in [0.1, 0.15) is 12.0 Å². The van der Waals surface area contributed by atoms with Gasteiger partial charge >= 0.3 is 0 Å². The third-order valence-electron chi connectivity index (χ3n) is 2.59. The fourth-order valence-electron chi connectivity index (χ4n) is 1.73. The topological polar surface area (TPSA) is 48.4 Å². The number of nitrogens with zero attached hydrogens (tertiary/aromatic N) is 2. The molecule has 0 fully saturated rings. The van der Waals surface area contributed by atoms with E-state index in [1.807, 2.05) is 19.3 Å². The van der Waals surface area contributed by atoms with Crippen molar-refractivity contribution in [2.45, 2.75) is 19.0 Å².